The molecule has 1 fully saturated rings. The standard InChI is InChI=1S/C15H16N2O4S2/c1-21-12-4-2-10(3-5-12)13-8-22-15(16-13)17-14(18)11-6-7-23(19,20)9-11/h2-5,8,11H,6-7,9H2,1H3,(H,16,17,18). The molecule has 1 unspecified atom stereocenters. The number of nitrogens with one attached hydrogen (secondary N) is 1. The van der Waals surface area contributed by atoms with Gasteiger partial charge in [0.25, 0.3) is 0 Å². The number of amides is 1. The van der Waals surface area contributed by atoms with Crippen LogP contribution < -0.4 is 10.1 Å². The van der Waals surface area contributed by atoms with Crippen molar-refractivity contribution in [1.29, 1.82) is 0 Å². The van der Waals surface area contributed by atoms with Crippen molar-refractivity contribution in [1.82, 2.24) is 4.98 Å². The molecule has 122 valence electrons. The van der Waals surface area contributed by atoms with Crippen LogP contribution in [0, 0.1) is 5.92 Å². The number of benzene rings is 1. The van der Waals surface area contributed by atoms with Gasteiger partial charge in [0.05, 0.1) is 30.2 Å². The molecule has 1 saturated heterocycles. The van der Waals surface area contributed by atoms with Crippen LogP contribution in [-0.4, -0.2) is 37.9 Å². The molecule has 1 aromatic heterocycles. The van der Waals surface area contributed by atoms with E-state index >= 15 is 0 Å². The van der Waals surface area contributed by atoms with Crippen molar-refractivity contribution < 1.29 is 17.9 Å². The lowest BCUT2D eigenvalue weighted by Gasteiger charge is -2.06. The Bertz CT molecular complexity index is 812. The van der Waals surface area contributed by atoms with E-state index in [1.54, 1.807) is 7.11 Å². The zero-order chi connectivity index (χ0) is 16.4. The highest BCUT2D eigenvalue weighted by molar-refractivity contribution is 7.91. The highest BCUT2D eigenvalue weighted by atomic mass is 32.2. The van der Waals surface area contributed by atoms with Crippen LogP contribution in [0.2, 0.25) is 0 Å². The second-order valence-electron chi connectivity index (χ2n) is 5.36. The molecule has 0 spiro atoms. The maximum Gasteiger partial charge on any atom is 0.230 e. The molecule has 6 nitrogen and oxygen atoms in total. The first-order valence-electron chi connectivity index (χ1n) is 7.08. The number of thiazole rings is 1. The fraction of sp³-hybridized carbons (Fsp3) is 0.333. The van der Waals surface area contributed by atoms with E-state index in [9.17, 15) is 13.2 Å². The van der Waals surface area contributed by atoms with Crippen LogP contribution in [-0.2, 0) is 14.6 Å². The lowest BCUT2D eigenvalue weighted by molar-refractivity contribution is -0.119. The third-order valence-electron chi connectivity index (χ3n) is 3.72. The first-order chi connectivity index (χ1) is 11.0. The van der Waals surface area contributed by atoms with E-state index in [2.05, 4.69) is 10.3 Å². The van der Waals surface area contributed by atoms with Crippen molar-refractivity contribution in [3.05, 3.63) is 29.6 Å². The van der Waals surface area contributed by atoms with Crippen LogP contribution in [0.25, 0.3) is 11.3 Å². The average molecular weight is 352 g/mol. The molecule has 1 amide bonds. The Balaban J connectivity index is 1.68. The van der Waals surface area contributed by atoms with E-state index < -0.39 is 15.8 Å². The summed E-state index contributed by atoms with van der Waals surface area (Å²) in [6, 6.07) is 7.47. The molecule has 0 bridgehead atoms. The van der Waals surface area contributed by atoms with E-state index in [0.717, 1.165) is 17.0 Å². The van der Waals surface area contributed by atoms with E-state index in [1.165, 1.54) is 11.3 Å². The Hall–Kier alpha value is -1.93. The van der Waals surface area contributed by atoms with Gasteiger partial charge in [0, 0.05) is 10.9 Å². The second kappa shape index (κ2) is 6.29. The molecule has 0 saturated carbocycles. The van der Waals surface area contributed by atoms with E-state index in [0.29, 0.717) is 11.6 Å². The summed E-state index contributed by atoms with van der Waals surface area (Å²) >= 11 is 1.32. The maximum atomic E-state index is 12.1. The summed E-state index contributed by atoms with van der Waals surface area (Å²) < 4.78 is 28.0. The normalized spacial score (nSPS) is 19.4. The predicted octanol–water partition coefficient (Wildman–Crippen LogP) is 2.19. The fourth-order valence-corrected chi connectivity index (χ4v) is 4.90. The lowest BCUT2D eigenvalue weighted by atomic mass is 10.1. The summed E-state index contributed by atoms with van der Waals surface area (Å²) in [5.74, 6) is 0.0188. The SMILES string of the molecule is COc1ccc(-c2csc(NC(=O)C3CCS(=O)(=O)C3)n2)cc1. The van der Waals surface area contributed by atoms with Crippen molar-refractivity contribution in [2.24, 2.45) is 5.92 Å². The van der Waals surface area contributed by atoms with E-state index in [-0.39, 0.29) is 17.4 Å². The van der Waals surface area contributed by atoms with Gasteiger partial charge in [0.1, 0.15) is 5.75 Å². The monoisotopic (exact) mass is 352 g/mol. The Morgan fingerprint density at radius 2 is 2.09 bits per heavy atom. The van der Waals surface area contributed by atoms with Gasteiger partial charge in [0.15, 0.2) is 15.0 Å². The zero-order valence-electron chi connectivity index (χ0n) is 12.5. The Labute approximate surface area is 138 Å². The van der Waals surface area contributed by atoms with Crippen LogP contribution in [0.1, 0.15) is 6.42 Å². The number of hydrogen-bond donors (Lipinski definition) is 1. The molecule has 1 aromatic carbocycles. The molecular weight excluding hydrogens is 336 g/mol. The molecule has 1 N–H and O–H groups in total. The molecule has 1 atom stereocenters. The van der Waals surface area contributed by atoms with Crippen molar-refractivity contribution in [3.8, 4) is 17.0 Å². The minimum atomic E-state index is -3.07. The van der Waals surface area contributed by atoms with Crippen LogP contribution in [0.4, 0.5) is 5.13 Å². The Morgan fingerprint density at radius 1 is 1.35 bits per heavy atom. The summed E-state index contributed by atoms with van der Waals surface area (Å²) in [6.45, 7) is 0. The van der Waals surface area contributed by atoms with Crippen LogP contribution >= 0.6 is 11.3 Å². The molecule has 3 rings (SSSR count). The summed E-state index contributed by atoms with van der Waals surface area (Å²) in [4.78, 5) is 16.5. The predicted molar refractivity (Wildman–Crippen MR) is 89.5 cm³/mol. The van der Waals surface area contributed by atoms with Gasteiger partial charge in [-0.25, -0.2) is 13.4 Å². The number of sulfone groups is 1. The molecule has 1 aliphatic heterocycles. The molecular formula is C15H16N2O4S2. The number of methoxy groups -OCH3 is 1. The molecule has 0 aliphatic carbocycles. The number of anilines is 1. The van der Waals surface area contributed by atoms with Crippen molar-refractivity contribution in [2.45, 2.75) is 6.42 Å². The minimum absolute atomic E-state index is 0.0739. The molecule has 1 aliphatic rings. The van der Waals surface area contributed by atoms with Crippen LogP contribution in [0.15, 0.2) is 29.6 Å². The maximum absolute atomic E-state index is 12.1. The van der Waals surface area contributed by atoms with Gasteiger partial charge >= 0.3 is 0 Å². The first kappa shape index (κ1) is 15.9. The molecule has 2 aromatic rings. The number of hydrogen-bond acceptors (Lipinski definition) is 6. The number of carbonyl (C=O) groups excluding carboxylic acids is 1. The molecule has 0 radical (unpaired) electrons. The van der Waals surface area contributed by atoms with Crippen LogP contribution in [0.3, 0.4) is 0 Å². The largest absolute Gasteiger partial charge is 0.497 e. The smallest absolute Gasteiger partial charge is 0.230 e. The average Bonchev–Trinajstić information content (AvgIpc) is 3.14. The Kier molecular flexibility index (Phi) is 4.36. The van der Waals surface area contributed by atoms with Crippen molar-refractivity contribution in [2.75, 3.05) is 23.9 Å². The minimum Gasteiger partial charge on any atom is -0.497 e. The van der Waals surface area contributed by atoms with E-state index in [1.807, 2.05) is 29.6 Å². The van der Waals surface area contributed by atoms with Gasteiger partial charge in [0.2, 0.25) is 5.91 Å². The molecule has 23 heavy (non-hydrogen) atoms. The summed E-state index contributed by atoms with van der Waals surface area (Å²) in [5, 5.41) is 5.04. The number of aromatic nitrogens is 1. The van der Waals surface area contributed by atoms with Gasteiger partial charge in [-0.05, 0) is 30.7 Å². The lowest BCUT2D eigenvalue weighted by Crippen LogP contribution is -2.23. The highest BCUT2D eigenvalue weighted by Crippen LogP contribution is 2.27. The third-order valence-corrected chi connectivity index (χ3v) is 6.25. The number of ether oxygens (including phenoxy) is 1. The van der Waals surface area contributed by atoms with E-state index in [4.69, 9.17) is 4.74 Å². The van der Waals surface area contributed by atoms with Gasteiger partial charge in [-0.15, -0.1) is 11.3 Å². The van der Waals surface area contributed by atoms with Crippen LogP contribution in [0.5, 0.6) is 5.75 Å². The Morgan fingerprint density at radius 3 is 2.70 bits per heavy atom. The first-order valence-corrected chi connectivity index (χ1v) is 9.78. The number of nitrogens with zero attached hydrogens (tertiary/aromatic N) is 1. The summed E-state index contributed by atoms with van der Waals surface area (Å²) in [5.41, 5.74) is 1.68. The van der Waals surface area contributed by atoms with Gasteiger partial charge in [-0.2, -0.15) is 0 Å². The zero-order valence-corrected chi connectivity index (χ0v) is 14.1. The van der Waals surface area contributed by atoms with Gasteiger partial charge in [-0.1, -0.05) is 0 Å². The molecule has 8 heteroatoms. The fourth-order valence-electron chi connectivity index (χ4n) is 2.43. The molecule has 2 heterocycles. The summed E-state index contributed by atoms with van der Waals surface area (Å²) in [6.07, 6.45) is 0.380. The van der Waals surface area contributed by atoms with Crippen molar-refractivity contribution >= 4 is 32.2 Å². The number of rotatable bonds is 4. The number of carbonyl (C=O) groups is 1. The third kappa shape index (κ3) is 3.70. The summed E-state index contributed by atoms with van der Waals surface area (Å²) in [7, 11) is -1.46. The van der Waals surface area contributed by atoms with Gasteiger partial charge in [-0.3, -0.25) is 4.79 Å². The topological polar surface area (TPSA) is 85.4 Å². The van der Waals surface area contributed by atoms with Crippen molar-refractivity contribution in [3.63, 3.8) is 0 Å². The van der Waals surface area contributed by atoms with Gasteiger partial charge < -0.3 is 10.1 Å². The quantitative estimate of drug-likeness (QED) is 0.912. The highest BCUT2D eigenvalue weighted by Gasteiger charge is 2.33. The second-order valence-corrected chi connectivity index (χ2v) is 8.44.